The van der Waals surface area contributed by atoms with Crippen LogP contribution in [0.2, 0.25) is 0 Å². The van der Waals surface area contributed by atoms with E-state index in [1.165, 1.54) is 42.6 Å². The molecule has 0 spiro atoms. The summed E-state index contributed by atoms with van der Waals surface area (Å²) in [5, 5.41) is 5.92. The van der Waals surface area contributed by atoms with Crippen LogP contribution in [0.5, 0.6) is 0 Å². The molecule has 140 valence electrons. The highest BCUT2D eigenvalue weighted by Gasteiger charge is 2.24. The fourth-order valence-corrected chi connectivity index (χ4v) is 4.46. The van der Waals surface area contributed by atoms with Crippen molar-refractivity contribution in [3.8, 4) is 0 Å². The number of piperazine rings is 1. The summed E-state index contributed by atoms with van der Waals surface area (Å²) in [5.74, 6) is 1.03. The molecule has 7 heteroatoms. The van der Waals surface area contributed by atoms with Gasteiger partial charge < -0.3 is 4.90 Å². The quantitative estimate of drug-likeness (QED) is 0.709. The van der Waals surface area contributed by atoms with Crippen LogP contribution in [0.4, 0.5) is 5.82 Å². The van der Waals surface area contributed by atoms with Gasteiger partial charge >= 0.3 is 0 Å². The van der Waals surface area contributed by atoms with Crippen LogP contribution in [-0.2, 0) is 26.4 Å². The molecular weight excluding hydrogens is 338 g/mol. The standard InChI is InChI=1S/C20H25N7/c1-25-19-5-3-2-4-15(19)18(24-25)13-26-8-10-27(11-9-26)20-16-6-7-21-12-17(16)22-14-23-20/h6-7,12,14H,2-5,8-11,13H2,1H3. The fraction of sp³-hybridized carbons (Fsp3) is 0.500. The Morgan fingerprint density at radius 3 is 2.78 bits per heavy atom. The number of fused-ring (bicyclic) bond motifs is 2. The van der Waals surface area contributed by atoms with Crippen LogP contribution < -0.4 is 4.90 Å². The molecule has 0 amide bonds. The molecule has 0 unspecified atom stereocenters. The lowest BCUT2D eigenvalue weighted by atomic mass is 9.95. The van der Waals surface area contributed by atoms with Gasteiger partial charge in [0.25, 0.3) is 0 Å². The van der Waals surface area contributed by atoms with Crippen molar-refractivity contribution in [2.45, 2.75) is 32.2 Å². The maximum Gasteiger partial charge on any atom is 0.140 e. The number of nitrogens with zero attached hydrogens (tertiary/aromatic N) is 7. The second kappa shape index (κ2) is 6.88. The molecule has 0 N–H and O–H groups in total. The van der Waals surface area contributed by atoms with Crippen molar-refractivity contribution in [1.82, 2.24) is 29.6 Å². The number of rotatable bonds is 3. The van der Waals surface area contributed by atoms with Gasteiger partial charge in [0.1, 0.15) is 12.1 Å². The molecule has 1 fully saturated rings. The second-order valence-electron chi connectivity index (χ2n) is 7.56. The van der Waals surface area contributed by atoms with Gasteiger partial charge in [0, 0.05) is 57.0 Å². The molecule has 3 aromatic rings. The summed E-state index contributed by atoms with van der Waals surface area (Å²) in [5.41, 5.74) is 5.17. The van der Waals surface area contributed by atoms with Crippen molar-refractivity contribution in [3.63, 3.8) is 0 Å². The third kappa shape index (κ3) is 3.06. The molecule has 0 saturated carbocycles. The van der Waals surface area contributed by atoms with E-state index in [1.807, 2.05) is 12.3 Å². The van der Waals surface area contributed by atoms with E-state index in [-0.39, 0.29) is 0 Å². The molecule has 0 radical (unpaired) electrons. The maximum atomic E-state index is 4.84. The van der Waals surface area contributed by atoms with E-state index >= 15 is 0 Å². The average Bonchev–Trinajstić information content (AvgIpc) is 3.04. The molecule has 5 rings (SSSR count). The van der Waals surface area contributed by atoms with Crippen LogP contribution in [0.15, 0.2) is 24.8 Å². The van der Waals surface area contributed by atoms with Gasteiger partial charge in [0.05, 0.1) is 17.4 Å². The highest BCUT2D eigenvalue weighted by Crippen LogP contribution is 2.26. The first kappa shape index (κ1) is 16.6. The molecule has 3 aromatic heterocycles. The van der Waals surface area contributed by atoms with E-state index < -0.39 is 0 Å². The number of aromatic nitrogens is 5. The SMILES string of the molecule is Cn1nc(CN2CCN(c3ncnc4cnccc34)CC2)c2c1CCCC2. The summed E-state index contributed by atoms with van der Waals surface area (Å²) in [7, 11) is 2.10. The van der Waals surface area contributed by atoms with Crippen molar-refractivity contribution >= 4 is 16.7 Å². The van der Waals surface area contributed by atoms with Crippen LogP contribution in [0.1, 0.15) is 29.8 Å². The van der Waals surface area contributed by atoms with Gasteiger partial charge in [-0.25, -0.2) is 9.97 Å². The van der Waals surface area contributed by atoms with Gasteiger partial charge in [-0.05, 0) is 37.3 Å². The van der Waals surface area contributed by atoms with Gasteiger partial charge in [0.2, 0.25) is 0 Å². The molecular formula is C20H25N7. The Kier molecular flexibility index (Phi) is 4.24. The fourth-order valence-electron chi connectivity index (χ4n) is 4.46. The maximum absolute atomic E-state index is 4.84. The summed E-state index contributed by atoms with van der Waals surface area (Å²) < 4.78 is 2.11. The average molecular weight is 363 g/mol. The topological polar surface area (TPSA) is 63.0 Å². The van der Waals surface area contributed by atoms with Crippen LogP contribution >= 0.6 is 0 Å². The molecule has 0 bridgehead atoms. The lowest BCUT2D eigenvalue weighted by Gasteiger charge is -2.35. The number of aryl methyl sites for hydroxylation is 1. The molecule has 1 aliphatic heterocycles. The third-order valence-electron chi connectivity index (χ3n) is 5.91. The molecule has 4 heterocycles. The largest absolute Gasteiger partial charge is 0.353 e. The Bertz CT molecular complexity index is 951. The smallest absolute Gasteiger partial charge is 0.140 e. The summed E-state index contributed by atoms with van der Waals surface area (Å²) in [6.45, 7) is 4.97. The van der Waals surface area contributed by atoms with E-state index in [2.05, 4.69) is 36.5 Å². The summed E-state index contributed by atoms with van der Waals surface area (Å²) in [6.07, 6.45) is 10.2. The normalized spacial score (nSPS) is 18.0. The third-order valence-corrected chi connectivity index (χ3v) is 5.91. The minimum absolute atomic E-state index is 0.907. The van der Waals surface area contributed by atoms with Gasteiger partial charge in [0.15, 0.2) is 0 Å². The highest BCUT2D eigenvalue weighted by molar-refractivity contribution is 5.88. The lowest BCUT2D eigenvalue weighted by molar-refractivity contribution is 0.245. The van der Waals surface area contributed by atoms with E-state index in [0.29, 0.717) is 0 Å². The van der Waals surface area contributed by atoms with Gasteiger partial charge in [-0.2, -0.15) is 5.10 Å². The Hall–Kier alpha value is -2.54. The Balaban J connectivity index is 1.29. The number of anilines is 1. The van der Waals surface area contributed by atoms with Crippen LogP contribution in [-0.4, -0.2) is 55.8 Å². The minimum atomic E-state index is 0.907. The van der Waals surface area contributed by atoms with Gasteiger partial charge in [-0.1, -0.05) is 0 Å². The van der Waals surface area contributed by atoms with E-state index in [4.69, 9.17) is 5.10 Å². The molecule has 7 nitrogen and oxygen atoms in total. The number of hydrogen-bond acceptors (Lipinski definition) is 6. The Morgan fingerprint density at radius 2 is 1.89 bits per heavy atom. The molecule has 2 aliphatic rings. The zero-order chi connectivity index (χ0) is 18.2. The van der Waals surface area contributed by atoms with Gasteiger partial charge in [-0.3, -0.25) is 14.6 Å². The zero-order valence-corrected chi connectivity index (χ0v) is 15.8. The predicted octanol–water partition coefficient (Wildman–Crippen LogP) is 1.96. The van der Waals surface area contributed by atoms with Crippen LogP contribution in [0, 0.1) is 0 Å². The summed E-state index contributed by atoms with van der Waals surface area (Å²) in [4.78, 5) is 17.9. The molecule has 0 atom stereocenters. The van der Waals surface area contributed by atoms with Crippen molar-refractivity contribution in [1.29, 1.82) is 0 Å². The van der Waals surface area contributed by atoms with Crippen molar-refractivity contribution in [2.24, 2.45) is 7.05 Å². The predicted molar refractivity (Wildman–Crippen MR) is 105 cm³/mol. The monoisotopic (exact) mass is 363 g/mol. The second-order valence-corrected chi connectivity index (χ2v) is 7.56. The Labute approximate surface area is 159 Å². The lowest BCUT2D eigenvalue weighted by Crippen LogP contribution is -2.46. The van der Waals surface area contributed by atoms with Crippen molar-refractivity contribution < 1.29 is 0 Å². The summed E-state index contributed by atoms with van der Waals surface area (Å²) in [6, 6.07) is 2.01. The van der Waals surface area contributed by atoms with E-state index in [1.54, 1.807) is 12.5 Å². The number of pyridine rings is 1. The van der Waals surface area contributed by atoms with E-state index in [0.717, 1.165) is 49.4 Å². The first-order chi connectivity index (χ1) is 13.3. The summed E-state index contributed by atoms with van der Waals surface area (Å²) >= 11 is 0. The van der Waals surface area contributed by atoms with Crippen molar-refractivity contribution in [3.05, 3.63) is 41.7 Å². The Morgan fingerprint density at radius 1 is 1.04 bits per heavy atom. The molecule has 27 heavy (non-hydrogen) atoms. The first-order valence-electron chi connectivity index (χ1n) is 9.85. The first-order valence-corrected chi connectivity index (χ1v) is 9.85. The number of hydrogen-bond donors (Lipinski definition) is 0. The van der Waals surface area contributed by atoms with E-state index in [9.17, 15) is 0 Å². The highest BCUT2D eigenvalue weighted by atomic mass is 15.3. The zero-order valence-electron chi connectivity index (χ0n) is 15.8. The van der Waals surface area contributed by atoms with Crippen molar-refractivity contribution in [2.75, 3.05) is 31.1 Å². The van der Waals surface area contributed by atoms with Gasteiger partial charge in [-0.15, -0.1) is 0 Å². The van der Waals surface area contributed by atoms with Crippen LogP contribution in [0.25, 0.3) is 10.9 Å². The minimum Gasteiger partial charge on any atom is -0.353 e. The molecule has 0 aromatic carbocycles. The van der Waals surface area contributed by atoms with Crippen LogP contribution in [0.3, 0.4) is 0 Å². The molecule has 1 aliphatic carbocycles. The molecule has 1 saturated heterocycles.